The van der Waals surface area contributed by atoms with Crippen molar-refractivity contribution in [2.24, 2.45) is 0 Å². The van der Waals surface area contributed by atoms with E-state index >= 15 is 0 Å². The van der Waals surface area contributed by atoms with Crippen molar-refractivity contribution in [1.29, 1.82) is 0 Å². The molecule has 9 rings (SSSR count). The lowest BCUT2D eigenvalue weighted by molar-refractivity contribution is 0.542. The Balaban J connectivity index is 1.41. The molecule has 0 N–H and O–H groups in total. The molecule has 2 nitrogen and oxygen atoms in total. The Morgan fingerprint density at radius 1 is 0.558 bits per heavy atom. The van der Waals surface area contributed by atoms with Crippen LogP contribution < -0.4 is 9.80 Å². The van der Waals surface area contributed by atoms with Gasteiger partial charge in [-0.25, -0.2) is 0 Å². The van der Waals surface area contributed by atoms with Gasteiger partial charge in [0.25, 0.3) is 0 Å². The van der Waals surface area contributed by atoms with Crippen LogP contribution in [0.4, 0.5) is 28.4 Å². The second-order valence-electron chi connectivity index (χ2n) is 16.3. The average molecular weight is 675 g/mol. The molecule has 0 saturated heterocycles. The minimum atomic E-state index is -0.297. The van der Waals surface area contributed by atoms with Gasteiger partial charge >= 0.3 is 0 Å². The minimum absolute atomic E-state index is 0.238. The molecule has 0 radical (unpaired) electrons. The zero-order chi connectivity index (χ0) is 36.2. The van der Waals surface area contributed by atoms with E-state index in [0.717, 1.165) is 5.69 Å². The molecule has 0 saturated carbocycles. The molecule has 256 valence electrons. The van der Waals surface area contributed by atoms with E-state index in [1.807, 2.05) is 6.08 Å². The topological polar surface area (TPSA) is 6.48 Å². The zero-order valence-corrected chi connectivity index (χ0v) is 31.4. The summed E-state index contributed by atoms with van der Waals surface area (Å²) in [5.74, 6) is 0. The van der Waals surface area contributed by atoms with Gasteiger partial charge in [0.05, 0.1) is 22.8 Å². The van der Waals surface area contributed by atoms with E-state index in [1.54, 1.807) is 0 Å². The van der Waals surface area contributed by atoms with E-state index < -0.39 is 0 Å². The molecule has 0 unspecified atom stereocenters. The lowest BCUT2D eigenvalue weighted by Crippen LogP contribution is -2.46. The summed E-state index contributed by atoms with van der Waals surface area (Å²) in [6.45, 7) is 21.1. The summed E-state index contributed by atoms with van der Waals surface area (Å²) >= 11 is 0. The van der Waals surface area contributed by atoms with Crippen LogP contribution in [0.25, 0.3) is 21.9 Å². The molecule has 6 aromatic rings. The van der Waals surface area contributed by atoms with Crippen LogP contribution >= 0.6 is 0 Å². The van der Waals surface area contributed by atoms with Crippen LogP contribution in [-0.4, -0.2) is 0 Å². The van der Waals surface area contributed by atoms with Crippen LogP contribution in [0.15, 0.2) is 163 Å². The first-order chi connectivity index (χ1) is 25.0. The number of anilines is 5. The van der Waals surface area contributed by atoms with Crippen molar-refractivity contribution in [2.45, 2.75) is 64.7 Å². The molecule has 0 amide bonds. The van der Waals surface area contributed by atoms with Crippen LogP contribution in [-0.2, 0) is 16.2 Å². The van der Waals surface area contributed by atoms with Crippen LogP contribution in [0.2, 0.25) is 0 Å². The van der Waals surface area contributed by atoms with E-state index in [9.17, 15) is 0 Å². The van der Waals surface area contributed by atoms with Crippen LogP contribution in [0.1, 0.15) is 70.7 Å². The number of hydrogen-bond donors (Lipinski definition) is 0. The van der Waals surface area contributed by atoms with Gasteiger partial charge in [-0.15, -0.1) is 0 Å². The first-order valence-electron chi connectivity index (χ1n) is 18.6. The Kier molecular flexibility index (Phi) is 6.96. The highest BCUT2D eigenvalue weighted by Gasteiger charge is 2.52. The second kappa shape index (κ2) is 11.2. The van der Waals surface area contributed by atoms with Crippen molar-refractivity contribution < 1.29 is 0 Å². The highest BCUT2D eigenvalue weighted by molar-refractivity contribution is 6.01. The molecule has 0 aliphatic carbocycles. The number of fused-ring (bicyclic) bond motifs is 1. The third-order valence-electron chi connectivity index (χ3n) is 12.5. The SMILES string of the molecule is C=C/C=C1\C2=C(C)C(C)(C)c3cc(N(c4ccccc4)c4cccc5ccccc45)cc4c3N2c2c(cc(-c3ccccc3)cc2C4(C)C)C1(C)C. The Morgan fingerprint density at radius 2 is 1.12 bits per heavy atom. The van der Waals surface area contributed by atoms with Crippen LogP contribution in [0, 0.1) is 0 Å². The van der Waals surface area contributed by atoms with Crippen molar-refractivity contribution in [1.82, 2.24) is 0 Å². The van der Waals surface area contributed by atoms with Gasteiger partial charge in [0.2, 0.25) is 0 Å². The first-order valence-corrected chi connectivity index (χ1v) is 18.6. The van der Waals surface area contributed by atoms with Gasteiger partial charge in [-0.1, -0.05) is 145 Å². The summed E-state index contributed by atoms with van der Waals surface area (Å²) in [7, 11) is 0. The molecule has 3 heterocycles. The van der Waals surface area contributed by atoms with E-state index in [2.05, 4.69) is 198 Å². The Bertz CT molecular complexity index is 2500. The number of para-hydroxylation sites is 1. The normalized spacial score (nSPS) is 18.0. The number of benzene rings is 6. The quantitative estimate of drug-likeness (QED) is 0.180. The number of rotatable bonds is 5. The third-order valence-corrected chi connectivity index (χ3v) is 12.5. The molecule has 3 aliphatic heterocycles. The van der Waals surface area contributed by atoms with Gasteiger partial charge in [-0.2, -0.15) is 0 Å². The summed E-state index contributed by atoms with van der Waals surface area (Å²) in [6, 6.07) is 47.1. The fourth-order valence-corrected chi connectivity index (χ4v) is 9.29. The summed E-state index contributed by atoms with van der Waals surface area (Å²) in [5.41, 5.74) is 17.4. The van der Waals surface area contributed by atoms with Gasteiger partial charge in [-0.05, 0) is 99.3 Å². The molecule has 0 aromatic heterocycles. The molecular formula is C50H46N2. The largest absolute Gasteiger partial charge is 0.310 e. The molecule has 52 heavy (non-hydrogen) atoms. The van der Waals surface area contributed by atoms with Crippen molar-refractivity contribution in [3.8, 4) is 11.1 Å². The lowest BCUT2D eigenvalue weighted by atomic mass is 9.60. The molecule has 2 heteroatoms. The van der Waals surface area contributed by atoms with Crippen molar-refractivity contribution in [3.63, 3.8) is 0 Å². The predicted octanol–water partition coefficient (Wildman–Crippen LogP) is 13.7. The smallest absolute Gasteiger partial charge is 0.0545 e. The monoisotopic (exact) mass is 674 g/mol. The van der Waals surface area contributed by atoms with Crippen LogP contribution in [0.5, 0.6) is 0 Å². The second-order valence-corrected chi connectivity index (χ2v) is 16.3. The third kappa shape index (κ3) is 4.37. The standard InChI is InChI=1S/C50H46N2/c1-9-19-39-45-32(2)48(3,4)42-30-37(51(36-24-14-11-15-25-36)44-27-18-23-34-22-16-17-26-38(34)44)31-43-47(42)52(45)46-40(49(39,5)6)28-35(29-41(46)50(43,7)8)33-20-12-10-13-21-33/h9-31H,1H2,2-8H3/b39-19+. The number of nitrogens with zero attached hydrogens (tertiary/aromatic N) is 2. The van der Waals surface area contributed by atoms with Crippen molar-refractivity contribution >= 4 is 39.2 Å². The van der Waals surface area contributed by atoms with Crippen molar-refractivity contribution in [3.05, 3.63) is 185 Å². The summed E-state index contributed by atoms with van der Waals surface area (Å²) in [4.78, 5) is 5.12. The molecule has 0 fully saturated rings. The van der Waals surface area contributed by atoms with Gasteiger partial charge < -0.3 is 9.80 Å². The van der Waals surface area contributed by atoms with Crippen molar-refractivity contribution in [2.75, 3.05) is 9.80 Å². The first kappa shape index (κ1) is 32.3. The van der Waals surface area contributed by atoms with Gasteiger partial charge in [-0.3, -0.25) is 0 Å². The summed E-state index contributed by atoms with van der Waals surface area (Å²) < 4.78 is 0. The Labute approximate surface area is 309 Å². The molecule has 3 aliphatic rings. The number of allylic oxidation sites excluding steroid dienone is 4. The van der Waals surface area contributed by atoms with E-state index in [4.69, 9.17) is 0 Å². The van der Waals surface area contributed by atoms with E-state index in [-0.39, 0.29) is 16.2 Å². The minimum Gasteiger partial charge on any atom is -0.310 e. The van der Waals surface area contributed by atoms with E-state index in [0.29, 0.717) is 0 Å². The number of hydrogen-bond acceptors (Lipinski definition) is 2. The molecular weight excluding hydrogens is 629 g/mol. The maximum absolute atomic E-state index is 4.22. The Hall–Kier alpha value is -5.60. The summed E-state index contributed by atoms with van der Waals surface area (Å²) in [6.07, 6.45) is 4.25. The van der Waals surface area contributed by atoms with E-state index in [1.165, 1.54) is 83.7 Å². The highest BCUT2D eigenvalue weighted by atomic mass is 15.2. The zero-order valence-electron chi connectivity index (χ0n) is 31.4. The average Bonchev–Trinajstić information content (AvgIpc) is 3.15. The molecule has 6 aromatic carbocycles. The predicted molar refractivity (Wildman–Crippen MR) is 222 cm³/mol. The lowest BCUT2D eigenvalue weighted by Gasteiger charge is -2.56. The van der Waals surface area contributed by atoms with Crippen LogP contribution in [0.3, 0.4) is 0 Å². The molecule has 0 spiro atoms. The molecule has 0 bridgehead atoms. The Morgan fingerprint density at radius 3 is 1.79 bits per heavy atom. The molecule has 0 atom stereocenters. The fraction of sp³-hybridized carbons (Fsp3) is 0.200. The maximum Gasteiger partial charge on any atom is 0.0545 e. The fourth-order valence-electron chi connectivity index (χ4n) is 9.29. The maximum atomic E-state index is 4.22. The summed E-state index contributed by atoms with van der Waals surface area (Å²) in [5, 5.41) is 2.47. The van der Waals surface area contributed by atoms with Gasteiger partial charge in [0.15, 0.2) is 0 Å². The van der Waals surface area contributed by atoms with Gasteiger partial charge in [0, 0.05) is 33.0 Å². The van der Waals surface area contributed by atoms with Gasteiger partial charge in [0.1, 0.15) is 0 Å². The highest BCUT2D eigenvalue weighted by Crippen LogP contribution is 2.65.